The van der Waals surface area contributed by atoms with Crippen molar-refractivity contribution in [2.75, 3.05) is 5.75 Å². The van der Waals surface area contributed by atoms with Gasteiger partial charge in [0.2, 0.25) is 0 Å². The van der Waals surface area contributed by atoms with Crippen molar-refractivity contribution in [3.63, 3.8) is 0 Å². The topological polar surface area (TPSA) is 83.8 Å². The molecule has 0 radical (unpaired) electrons. The molecule has 2 N–H and O–H groups in total. The van der Waals surface area contributed by atoms with Gasteiger partial charge >= 0.3 is 13.1 Å². The normalized spacial score (nSPS) is 15.9. The summed E-state index contributed by atoms with van der Waals surface area (Å²) in [6.07, 6.45) is 0. The monoisotopic (exact) mass is 240 g/mol. The second-order valence-electron chi connectivity index (χ2n) is 3.41. The summed E-state index contributed by atoms with van der Waals surface area (Å²) in [5.74, 6) is -1.55. The van der Waals surface area contributed by atoms with E-state index in [0.29, 0.717) is 17.0 Å². The Labute approximate surface area is 94.7 Å². The molecule has 0 fully saturated rings. The molecule has 0 saturated carbocycles. The molecule has 0 aliphatic carbocycles. The third-order valence-corrected chi connectivity index (χ3v) is 3.59. The summed E-state index contributed by atoms with van der Waals surface area (Å²) in [6, 6.07) is 4.83. The average molecular weight is 240 g/mol. The fraction of sp³-hybridized carbons (Fsp3) is 0.222. The fourth-order valence-corrected chi connectivity index (χ4v) is 2.40. The molecular formula is C9H9BO5S. The standard InChI is InChI=1S/C9H9BO5S/c11-9(12)5-16(14)7-2-1-6-4-15-10(13)8(6)3-7/h1-3,13H,4-5H2,(H,11,12)/t16-/m0/s1. The minimum atomic E-state index is -1.59. The summed E-state index contributed by atoms with van der Waals surface area (Å²) in [5, 5.41) is 18.0. The number of hydrogen-bond donors (Lipinski definition) is 2. The Morgan fingerprint density at radius 1 is 1.56 bits per heavy atom. The van der Waals surface area contributed by atoms with Crippen molar-refractivity contribution in [1.82, 2.24) is 0 Å². The summed E-state index contributed by atoms with van der Waals surface area (Å²) < 4.78 is 16.5. The molecule has 16 heavy (non-hydrogen) atoms. The Hall–Kier alpha value is -1.18. The molecule has 0 spiro atoms. The minimum Gasteiger partial charge on any atom is -0.481 e. The molecule has 1 aliphatic rings. The number of fused-ring (bicyclic) bond motifs is 1. The maximum atomic E-state index is 11.6. The van der Waals surface area contributed by atoms with Gasteiger partial charge in [-0.1, -0.05) is 6.07 Å². The maximum Gasteiger partial charge on any atom is 0.491 e. The Balaban J connectivity index is 2.27. The minimum absolute atomic E-state index is 0.322. The first kappa shape index (κ1) is 11.3. The summed E-state index contributed by atoms with van der Waals surface area (Å²) >= 11 is 0. The summed E-state index contributed by atoms with van der Waals surface area (Å²) in [6.45, 7) is 0.322. The molecule has 84 valence electrons. The van der Waals surface area contributed by atoms with Gasteiger partial charge in [0.05, 0.1) is 17.4 Å². The first-order valence-corrected chi connectivity index (χ1v) is 5.92. The van der Waals surface area contributed by atoms with Gasteiger partial charge in [0, 0.05) is 4.90 Å². The van der Waals surface area contributed by atoms with Crippen LogP contribution in [0.25, 0.3) is 0 Å². The van der Waals surface area contributed by atoms with Crippen LogP contribution in [0.4, 0.5) is 0 Å². The molecule has 0 bridgehead atoms. The summed E-state index contributed by atoms with van der Waals surface area (Å²) in [5.41, 5.74) is 1.40. The lowest BCUT2D eigenvalue weighted by atomic mass is 9.80. The van der Waals surface area contributed by atoms with Crippen molar-refractivity contribution >= 4 is 29.4 Å². The fourth-order valence-electron chi connectivity index (χ4n) is 1.53. The Kier molecular flexibility index (Phi) is 3.09. The van der Waals surface area contributed by atoms with Crippen molar-refractivity contribution < 1.29 is 23.8 Å². The van der Waals surface area contributed by atoms with Crippen LogP contribution in [-0.4, -0.2) is 33.2 Å². The lowest BCUT2D eigenvalue weighted by Gasteiger charge is -2.02. The van der Waals surface area contributed by atoms with Crippen LogP contribution in [0.3, 0.4) is 0 Å². The van der Waals surface area contributed by atoms with Gasteiger partial charge in [0.1, 0.15) is 5.75 Å². The van der Waals surface area contributed by atoms with Crippen LogP contribution in [0.2, 0.25) is 0 Å². The molecule has 1 aromatic rings. The molecule has 0 aromatic heterocycles. The van der Waals surface area contributed by atoms with Gasteiger partial charge in [-0.25, -0.2) is 0 Å². The summed E-state index contributed by atoms with van der Waals surface area (Å²) in [4.78, 5) is 10.8. The SMILES string of the molecule is O=C(O)C[S@](=O)c1ccc2c(c1)B(O)OC2. The lowest BCUT2D eigenvalue weighted by Crippen LogP contribution is -2.28. The number of carboxylic acids is 1. The Morgan fingerprint density at radius 2 is 2.31 bits per heavy atom. The number of rotatable bonds is 3. The number of aliphatic carboxylic acids is 1. The van der Waals surface area contributed by atoms with Crippen molar-refractivity contribution in [2.24, 2.45) is 0 Å². The van der Waals surface area contributed by atoms with Crippen molar-refractivity contribution in [1.29, 1.82) is 0 Å². The van der Waals surface area contributed by atoms with Crippen molar-refractivity contribution in [3.05, 3.63) is 23.8 Å². The third kappa shape index (κ3) is 2.16. The molecule has 1 heterocycles. The highest BCUT2D eigenvalue weighted by Gasteiger charge is 2.27. The molecule has 1 aromatic carbocycles. The molecular weight excluding hydrogens is 231 g/mol. The van der Waals surface area contributed by atoms with E-state index in [-0.39, 0.29) is 0 Å². The van der Waals surface area contributed by atoms with Crippen LogP contribution in [-0.2, 0) is 26.9 Å². The first-order chi connectivity index (χ1) is 7.58. The predicted octanol–water partition coefficient (Wildman–Crippen LogP) is -0.903. The Bertz CT molecular complexity index is 461. The van der Waals surface area contributed by atoms with Gasteiger partial charge in [-0.05, 0) is 23.2 Å². The van der Waals surface area contributed by atoms with Crippen LogP contribution < -0.4 is 5.46 Å². The first-order valence-electron chi connectivity index (χ1n) is 4.60. The van der Waals surface area contributed by atoms with Gasteiger partial charge < -0.3 is 14.8 Å². The lowest BCUT2D eigenvalue weighted by molar-refractivity contribution is -0.133. The quantitative estimate of drug-likeness (QED) is 0.668. The zero-order valence-electron chi connectivity index (χ0n) is 8.25. The van der Waals surface area contributed by atoms with E-state index in [0.717, 1.165) is 5.56 Å². The van der Waals surface area contributed by atoms with E-state index >= 15 is 0 Å². The maximum absolute atomic E-state index is 11.6. The van der Waals surface area contributed by atoms with Gasteiger partial charge in [-0.15, -0.1) is 0 Å². The van der Waals surface area contributed by atoms with E-state index < -0.39 is 29.6 Å². The molecule has 0 amide bonds. The summed E-state index contributed by atoms with van der Waals surface area (Å²) in [7, 11) is -2.59. The van der Waals surface area contributed by atoms with Crippen LogP contribution in [0.5, 0.6) is 0 Å². The van der Waals surface area contributed by atoms with Gasteiger partial charge in [0.25, 0.3) is 0 Å². The highest BCUT2D eigenvalue weighted by atomic mass is 32.2. The van der Waals surface area contributed by atoms with E-state index in [9.17, 15) is 14.0 Å². The molecule has 2 rings (SSSR count). The second kappa shape index (κ2) is 4.36. The van der Waals surface area contributed by atoms with Gasteiger partial charge in [0.15, 0.2) is 0 Å². The second-order valence-corrected chi connectivity index (χ2v) is 4.86. The zero-order chi connectivity index (χ0) is 11.7. The van der Waals surface area contributed by atoms with E-state index in [1.807, 2.05) is 0 Å². The van der Waals surface area contributed by atoms with Gasteiger partial charge in [-0.3, -0.25) is 9.00 Å². The molecule has 0 saturated heterocycles. The molecule has 7 heteroatoms. The molecule has 0 unspecified atom stereocenters. The third-order valence-electron chi connectivity index (χ3n) is 2.30. The van der Waals surface area contributed by atoms with Gasteiger partial charge in [-0.2, -0.15) is 0 Å². The van der Waals surface area contributed by atoms with E-state index in [1.165, 1.54) is 6.07 Å². The largest absolute Gasteiger partial charge is 0.491 e. The van der Waals surface area contributed by atoms with E-state index in [1.54, 1.807) is 12.1 Å². The highest BCUT2D eigenvalue weighted by molar-refractivity contribution is 7.85. The Morgan fingerprint density at radius 3 is 3.00 bits per heavy atom. The number of carbonyl (C=O) groups is 1. The van der Waals surface area contributed by atoms with Crippen molar-refractivity contribution in [3.8, 4) is 0 Å². The van der Waals surface area contributed by atoms with E-state index in [4.69, 9.17) is 9.76 Å². The van der Waals surface area contributed by atoms with E-state index in [2.05, 4.69) is 0 Å². The van der Waals surface area contributed by atoms with Crippen LogP contribution in [0.1, 0.15) is 5.56 Å². The number of carboxylic acid groups (broad SMARTS) is 1. The smallest absolute Gasteiger partial charge is 0.481 e. The molecule has 1 atom stereocenters. The molecule has 1 aliphatic heterocycles. The van der Waals surface area contributed by atoms with Crippen LogP contribution in [0, 0.1) is 0 Å². The average Bonchev–Trinajstić information content (AvgIpc) is 2.59. The van der Waals surface area contributed by atoms with Crippen LogP contribution in [0.15, 0.2) is 23.1 Å². The number of benzene rings is 1. The highest BCUT2D eigenvalue weighted by Crippen LogP contribution is 2.13. The number of hydrogen-bond acceptors (Lipinski definition) is 4. The predicted molar refractivity (Wildman–Crippen MR) is 57.7 cm³/mol. The van der Waals surface area contributed by atoms with Crippen LogP contribution >= 0.6 is 0 Å². The zero-order valence-corrected chi connectivity index (χ0v) is 9.07. The molecule has 5 nitrogen and oxygen atoms in total. The van der Waals surface area contributed by atoms with Crippen molar-refractivity contribution in [2.45, 2.75) is 11.5 Å².